The average molecular weight is 243 g/mol. The van der Waals surface area contributed by atoms with Crippen molar-refractivity contribution in [1.29, 1.82) is 0 Å². The van der Waals surface area contributed by atoms with Crippen LogP contribution in [0, 0.1) is 5.82 Å². The number of anilines is 1. The zero-order valence-corrected chi connectivity index (χ0v) is 9.86. The van der Waals surface area contributed by atoms with E-state index in [0.717, 1.165) is 24.2 Å². The summed E-state index contributed by atoms with van der Waals surface area (Å²) in [5, 5.41) is 13.6. The molecule has 18 heavy (non-hydrogen) atoms. The van der Waals surface area contributed by atoms with E-state index in [4.69, 9.17) is 0 Å². The fourth-order valence-electron chi connectivity index (χ4n) is 2.46. The molecule has 3 heteroatoms. The van der Waals surface area contributed by atoms with Crippen LogP contribution >= 0.6 is 0 Å². The molecule has 1 heterocycles. The lowest BCUT2D eigenvalue weighted by Crippen LogP contribution is -2.05. The zero-order chi connectivity index (χ0) is 12.5. The van der Waals surface area contributed by atoms with E-state index in [1.165, 1.54) is 11.6 Å². The van der Waals surface area contributed by atoms with Gasteiger partial charge in [0, 0.05) is 23.4 Å². The van der Waals surface area contributed by atoms with Crippen molar-refractivity contribution >= 4 is 5.69 Å². The van der Waals surface area contributed by atoms with Crippen LogP contribution < -0.4 is 5.32 Å². The molecular weight excluding hydrogens is 229 g/mol. The smallest absolute Gasteiger partial charge is 0.129 e. The van der Waals surface area contributed by atoms with Gasteiger partial charge in [-0.1, -0.05) is 36.4 Å². The van der Waals surface area contributed by atoms with E-state index in [-0.39, 0.29) is 5.82 Å². The molecule has 2 nitrogen and oxygen atoms in total. The average Bonchev–Trinajstić information content (AvgIpc) is 2.86. The Morgan fingerprint density at radius 1 is 1.06 bits per heavy atom. The van der Waals surface area contributed by atoms with Crippen LogP contribution in [0.15, 0.2) is 42.5 Å². The molecule has 3 rings (SSSR count). The number of fused-ring (bicyclic) bond motifs is 1. The van der Waals surface area contributed by atoms with Crippen LogP contribution in [0.5, 0.6) is 0 Å². The molecule has 1 aliphatic heterocycles. The predicted molar refractivity (Wildman–Crippen MR) is 69.1 cm³/mol. The molecule has 0 spiro atoms. The van der Waals surface area contributed by atoms with Crippen LogP contribution in [-0.4, -0.2) is 11.7 Å². The number of hydrogen-bond donors (Lipinski definition) is 2. The fourth-order valence-corrected chi connectivity index (χ4v) is 2.46. The maximum absolute atomic E-state index is 13.7. The Hall–Kier alpha value is -1.87. The molecule has 2 aromatic rings. The van der Waals surface area contributed by atoms with Crippen LogP contribution in [-0.2, 0) is 6.42 Å². The molecular formula is C15H14FNO. The first kappa shape index (κ1) is 11.2. The molecule has 1 unspecified atom stereocenters. The van der Waals surface area contributed by atoms with Gasteiger partial charge in [0.1, 0.15) is 11.9 Å². The Kier molecular flexibility index (Phi) is 2.76. The second-order valence-electron chi connectivity index (χ2n) is 4.48. The SMILES string of the molecule is OC(c1ccccc1F)c1cccc2c1NCC2. The highest BCUT2D eigenvalue weighted by atomic mass is 19.1. The van der Waals surface area contributed by atoms with Gasteiger partial charge < -0.3 is 10.4 Å². The maximum atomic E-state index is 13.7. The van der Waals surface area contributed by atoms with Gasteiger partial charge in [-0.3, -0.25) is 0 Å². The summed E-state index contributed by atoms with van der Waals surface area (Å²) in [4.78, 5) is 0. The molecule has 2 aromatic carbocycles. The number of nitrogens with one attached hydrogen (secondary N) is 1. The molecule has 0 bridgehead atoms. The predicted octanol–water partition coefficient (Wildman–Crippen LogP) is 2.88. The van der Waals surface area contributed by atoms with Crippen LogP contribution in [0.25, 0.3) is 0 Å². The van der Waals surface area contributed by atoms with E-state index in [9.17, 15) is 9.50 Å². The number of halogens is 1. The van der Waals surface area contributed by atoms with Crippen molar-refractivity contribution in [3.63, 3.8) is 0 Å². The van der Waals surface area contributed by atoms with E-state index in [2.05, 4.69) is 5.32 Å². The molecule has 0 fully saturated rings. The molecule has 0 saturated carbocycles. The maximum Gasteiger partial charge on any atom is 0.129 e. The van der Waals surface area contributed by atoms with E-state index in [1.54, 1.807) is 18.2 Å². The van der Waals surface area contributed by atoms with Crippen molar-refractivity contribution < 1.29 is 9.50 Å². The van der Waals surface area contributed by atoms with Gasteiger partial charge in [0.2, 0.25) is 0 Å². The standard InChI is InChI=1S/C15H14FNO/c16-13-7-2-1-5-11(13)15(18)12-6-3-4-10-8-9-17-14(10)12/h1-7,15,17-18H,8-9H2. The highest BCUT2D eigenvalue weighted by Crippen LogP contribution is 2.34. The number of aliphatic hydroxyl groups is 1. The Labute approximate surface area is 105 Å². The van der Waals surface area contributed by atoms with Crippen molar-refractivity contribution in [3.05, 3.63) is 65.0 Å². The molecule has 92 valence electrons. The van der Waals surface area contributed by atoms with Gasteiger partial charge in [-0.2, -0.15) is 0 Å². The van der Waals surface area contributed by atoms with E-state index >= 15 is 0 Å². The number of rotatable bonds is 2. The minimum absolute atomic E-state index is 0.319. The quantitative estimate of drug-likeness (QED) is 0.850. The number of aliphatic hydroxyl groups excluding tert-OH is 1. The second kappa shape index (κ2) is 4.42. The first-order chi connectivity index (χ1) is 8.77. The molecule has 1 atom stereocenters. The molecule has 1 aliphatic rings. The first-order valence-electron chi connectivity index (χ1n) is 6.05. The molecule has 2 N–H and O–H groups in total. The Morgan fingerprint density at radius 2 is 1.83 bits per heavy atom. The van der Waals surface area contributed by atoms with Crippen LogP contribution in [0.1, 0.15) is 22.8 Å². The topological polar surface area (TPSA) is 32.3 Å². The summed E-state index contributed by atoms with van der Waals surface area (Å²) in [5.41, 5.74) is 3.20. The van der Waals surface area contributed by atoms with Crippen molar-refractivity contribution in [3.8, 4) is 0 Å². The van der Waals surface area contributed by atoms with Crippen LogP contribution in [0.4, 0.5) is 10.1 Å². The number of benzene rings is 2. The number of para-hydroxylation sites is 1. The summed E-state index contributed by atoms with van der Waals surface area (Å²) >= 11 is 0. The second-order valence-corrected chi connectivity index (χ2v) is 4.48. The Morgan fingerprint density at radius 3 is 2.67 bits per heavy atom. The van der Waals surface area contributed by atoms with E-state index in [0.29, 0.717) is 5.56 Å². The highest BCUT2D eigenvalue weighted by Gasteiger charge is 2.21. The van der Waals surface area contributed by atoms with E-state index < -0.39 is 6.10 Å². The van der Waals surface area contributed by atoms with Gasteiger partial charge in [-0.15, -0.1) is 0 Å². The minimum atomic E-state index is -0.924. The first-order valence-corrected chi connectivity index (χ1v) is 6.05. The fraction of sp³-hybridized carbons (Fsp3) is 0.200. The van der Waals surface area contributed by atoms with E-state index in [1.807, 2.05) is 18.2 Å². The summed E-state index contributed by atoms with van der Waals surface area (Å²) in [6, 6.07) is 12.1. The summed E-state index contributed by atoms with van der Waals surface area (Å²) < 4.78 is 13.7. The van der Waals surface area contributed by atoms with Gasteiger partial charge in [0.25, 0.3) is 0 Å². The summed E-state index contributed by atoms with van der Waals surface area (Å²) in [5.74, 6) is -0.374. The Balaban J connectivity index is 2.06. The van der Waals surface area contributed by atoms with Gasteiger partial charge in [-0.05, 0) is 18.1 Å². The zero-order valence-electron chi connectivity index (χ0n) is 9.86. The van der Waals surface area contributed by atoms with Crippen LogP contribution in [0.2, 0.25) is 0 Å². The number of hydrogen-bond acceptors (Lipinski definition) is 2. The van der Waals surface area contributed by atoms with Gasteiger partial charge >= 0.3 is 0 Å². The molecule has 0 amide bonds. The monoisotopic (exact) mass is 243 g/mol. The highest BCUT2D eigenvalue weighted by molar-refractivity contribution is 5.63. The van der Waals surface area contributed by atoms with Crippen molar-refractivity contribution in [1.82, 2.24) is 0 Å². The normalized spacial score (nSPS) is 15.0. The lowest BCUT2D eigenvalue weighted by Gasteiger charge is -2.16. The van der Waals surface area contributed by atoms with Gasteiger partial charge in [0.15, 0.2) is 0 Å². The summed E-state index contributed by atoms with van der Waals surface area (Å²) in [7, 11) is 0. The lowest BCUT2D eigenvalue weighted by atomic mass is 9.97. The van der Waals surface area contributed by atoms with Crippen molar-refractivity contribution in [2.75, 3.05) is 11.9 Å². The van der Waals surface area contributed by atoms with Gasteiger partial charge in [-0.25, -0.2) is 4.39 Å². The summed E-state index contributed by atoms with van der Waals surface area (Å²) in [6.07, 6.45) is 0.0272. The van der Waals surface area contributed by atoms with Crippen LogP contribution in [0.3, 0.4) is 0 Å². The van der Waals surface area contributed by atoms with Crippen molar-refractivity contribution in [2.45, 2.75) is 12.5 Å². The Bertz CT molecular complexity index is 582. The molecule has 0 aromatic heterocycles. The lowest BCUT2D eigenvalue weighted by molar-refractivity contribution is 0.215. The van der Waals surface area contributed by atoms with Gasteiger partial charge in [0.05, 0.1) is 0 Å². The third-order valence-corrected chi connectivity index (χ3v) is 3.37. The third kappa shape index (κ3) is 1.77. The molecule has 0 radical (unpaired) electrons. The minimum Gasteiger partial charge on any atom is -0.384 e. The molecule has 0 saturated heterocycles. The molecule has 0 aliphatic carbocycles. The van der Waals surface area contributed by atoms with Crippen molar-refractivity contribution in [2.24, 2.45) is 0 Å². The summed E-state index contributed by atoms with van der Waals surface area (Å²) in [6.45, 7) is 0.871. The largest absolute Gasteiger partial charge is 0.384 e. The third-order valence-electron chi connectivity index (χ3n) is 3.37.